The van der Waals surface area contributed by atoms with Crippen LogP contribution in [0.1, 0.15) is 28.3 Å². The average Bonchev–Trinajstić information content (AvgIpc) is 2.56. The Morgan fingerprint density at radius 1 is 1.53 bits per heavy atom. The van der Waals surface area contributed by atoms with Crippen LogP contribution in [0.5, 0.6) is 5.75 Å². The minimum atomic E-state index is -0.963. The number of ether oxygens (including phenoxy) is 1. The molecule has 0 spiro atoms. The van der Waals surface area contributed by atoms with Crippen LogP contribution in [-0.2, 0) is 4.79 Å². The summed E-state index contributed by atoms with van der Waals surface area (Å²) in [5.41, 5.74) is 1.06. The highest BCUT2D eigenvalue weighted by molar-refractivity contribution is 6.05. The SMILES string of the molecule is COc1ccc2c(c1)[C@H](C(=O)O)CC2=O. The number of methoxy groups -OCH3 is 1. The van der Waals surface area contributed by atoms with Gasteiger partial charge in [-0.25, -0.2) is 0 Å². The number of benzene rings is 1. The molecule has 0 saturated heterocycles. The van der Waals surface area contributed by atoms with Crippen molar-refractivity contribution >= 4 is 11.8 Å². The minimum Gasteiger partial charge on any atom is -0.497 e. The lowest BCUT2D eigenvalue weighted by molar-refractivity contribution is -0.138. The molecule has 1 atom stereocenters. The number of rotatable bonds is 2. The lowest BCUT2D eigenvalue weighted by Gasteiger charge is -2.06. The molecule has 78 valence electrons. The number of carbonyl (C=O) groups is 2. The van der Waals surface area contributed by atoms with Gasteiger partial charge in [0, 0.05) is 12.0 Å². The first-order valence-electron chi connectivity index (χ1n) is 4.57. The van der Waals surface area contributed by atoms with Gasteiger partial charge >= 0.3 is 5.97 Å². The number of carboxylic acids is 1. The molecule has 4 heteroatoms. The highest BCUT2D eigenvalue weighted by atomic mass is 16.5. The van der Waals surface area contributed by atoms with Gasteiger partial charge in [-0.05, 0) is 23.8 Å². The van der Waals surface area contributed by atoms with Crippen LogP contribution in [0.2, 0.25) is 0 Å². The van der Waals surface area contributed by atoms with Gasteiger partial charge in [0.05, 0.1) is 13.0 Å². The van der Waals surface area contributed by atoms with E-state index in [1.54, 1.807) is 18.2 Å². The van der Waals surface area contributed by atoms with Gasteiger partial charge in [0.2, 0.25) is 0 Å². The maximum atomic E-state index is 11.5. The fourth-order valence-corrected chi connectivity index (χ4v) is 1.84. The summed E-state index contributed by atoms with van der Waals surface area (Å²) < 4.78 is 5.00. The number of Topliss-reactive ketones (excluding diaryl/α,β-unsaturated/α-hetero) is 1. The summed E-state index contributed by atoms with van der Waals surface area (Å²) in [6.07, 6.45) is 0.0534. The number of fused-ring (bicyclic) bond motifs is 1. The van der Waals surface area contributed by atoms with Crippen molar-refractivity contribution in [3.8, 4) is 5.75 Å². The van der Waals surface area contributed by atoms with E-state index in [-0.39, 0.29) is 12.2 Å². The third-order valence-electron chi connectivity index (χ3n) is 2.62. The monoisotopic (exact) mass is 206 g/mol. The first-order chi connectivity index (χ1) is 7.13. The molecule has 0 radical (unpaired) electrons. The predicted molar refractivity (Wildman–Crippen MR) is 52.3 cm³/mol. The Balaban J connectivity index is 2.52. The molecule has 0 fully saturated rings. The lowest BCUT2D eigenvalue weighted by Crippen LogP contribution is -2.08. The van der Waals surface area contributed by atoms with Gasteiger partial charge in [-0.2, -0.15) is 0 Å². The van der Waals surface area contributed by atoms with Gasteiger partial charge in [-0.3, -0.25) is 9.59 Å². The maximum absolute atomic E-state index is 11.5. The summed E-state index contributed by atoms with van der Waals surface area (Å²) in [5.74, 6) is -1.22. The van der Waals surface area contributed by atoms with Crippen LogP contribution >= 0.6 is 0 Å². The molecule has 1 aliphatic carbocycles. The zero-order chi connectivity index (χ0) is 11.0. The van der Waals surface area contributed by atoms with E-state index in [0.29, 0.717) is 16.9 Å². The number of aliphatic carboxylic acids is 1. The molecule has 0 aliphatic heterocycles. The molecule has 0 bridgehead atoms. The third-order valence-corrected chi connectivity index (χ3v) is 2.62. The third kappa shape index (κ3) is 1.48. The molecule has 0 saturated carbocycles. The summed E-state index contributed by atoms with van der Waals surface area (Å²) in [7, 11) is 1.51. The molecule has 0 unspecified atom stereocenters. The number of hydrogen-bond acceptors (Lipinski definition) is 3. The van der Waals surface area contributed by atoms with E-state index >= 15 is 0 Å². The van der Waals surface area contributed by atoms with Crippen LogP contribution in [0.25, 0.3) is 0 Å². The van der Waals surface area contributed by atoms with Crippen molar-refractivity contribution in [2.24, 2.45) is 0 Å². The second-order valence-corrected chi connectivity index (χ2v) is 3.47. The van der Waals surface area contributed by atoms with Crippen molar-refractivity contribution in [1.82, 2.24) is 0 Å². The first-order valence-corrected chi connectivity index (χ1v) is 4.57. The Hall–Kier alpha value is -1.84. The maximum Gasteiger partial charge on any atom is 0.311 e. The molecule has 0 amide bonds. The molecular formula is C11H10O4. The van der Waals surface area contributed by atoms with Crippen LogP contribution in [0, 0.1) is 0 Å². The number of carboxylic acid groups (broad SMARTS) is 1. The van der Waals surface area contributed by atoms with E-state index in [9.17, 15) is 9.59 Å². The molecule has 1 N–H and O–H groups in total. The van der Waals surface area contributed by atoms with Crippen molar-refractivity contribution in [3.63, 3.8) is 0 Å². The van der Waals surface area contributed by atoms with Crippen molar-refractivity contribution in [2.75, 3.05) is 7.11 Å². The normalized spacial score (nSPS) is 18.7. The van der Waals surface area contributed by atoms with E-state index < -0.39 is 11.9 Å². The van der Waals surface area contributed by atoms with Crippen molar-refractivity contribution in [3.05, 3.63) is 29.3 Å². The molecule has 1 aromatic carbocycles. The molecule has 1 aliphatic rings. The highest BCUT2D eigenvalue weighted by Gasteiger charge is 2.34. The van der Waals surface area contributed by atoms with Gasteiger partial charge in [0.15, 0.2) is 5.78 Å². The molecule has 2 rings (SSSR count). The largest absolute Gasteiger partial charge is 0.497 e. The van der Waals surface area contributed by atoms with E-state index in [1.165, 1.54) is 7.11 Å². The van der Waals surface area contributed by atoms with Crippen molar-refractivity contribution in [2.45, 2.75) is 12.3 Å². The Morgan fingerprint density at radius 2 is 2.27 bits per heavy atom. The van der Waals surface area contributed by atoms with Gasteiger partial charge < -0.3 is 9.84 Å². The van der Waals surface area contributed by atoms with Crippen LogP contribution < -0.4 is 4.74 Å². The van der Waals surface area contributed by atoms with E-state index in [0.717, 1.165) is 0 Å². The highest BCUT2D eigenvalue weighted by Crippen LogP contribution is 2.35. The topological polar surface area (TPSA) is 63.6 Å². The Labute approximate surface area is 86.5 Å². The second-order valence-electron chi connectivity index (χ2n) is 3.47. The molecule has 1 aromatic rings. The molecule has 4 nitrogen and oxygen atoms in total. The minimum absolute atomic E-state index is 0.0534. The fourth-order valence-electron chi connectivity index (χ4n) is 1.84. The molecule has 0 aromatic heterocycles. The van der Waals surface area contributed by atoms with E-state index in [4.69, 9.17) is 9.84 Å². The van der Waals surface area contributed by atoms with E-state index in [2.05, 4.69) is 0 Å². The van der Waals surface area contributed by atoms with Gasteiger partial charge in [-0.15, -0.1) is 0 Å². The van der Waals surface area contributed by atoms with Crippen LogP contribution in [0.3, 0.4) is 0 Å². The van der Waals surface area contributed by atoms with Gasteiger partial charge in [-0.1, -0.05) is 0 Å². The molecule has 15 heavy (non-hydrogen) atoms. The van der Waals surface area contributed by atoms with Crippen LogP contribution in [0.4, 0.5) is 0 Å². The number of ketones is 1. The second kappa shape index (κ2) is 3.38. The lowest BCUT2D eigenvalue weighted by atomic mass is 10.0. The van der Waals surface area contributed by atoms with Crippen molar-refractivity contribution in [1.29, 1.82) is 0 Å². The quantitative estimate of drug-likeness (QED) is 0.795. The summed E-state index contributed by atoms with van der Waals surface area (Å²) in [5, 5.41) is 8.95. The first kappa shape index (κ1) is 9.71. The Bertz CT molecular complexity index is 436. The summed E-state index contributed by atoms with van der Waals surface area (Å²) >= 11 is 0. The van der Waals surface area contributed by atoms with Gasteiger partial charge in [0.1, 0.15) is 5.75 Å². The Morgan fingerprint density at radius 3 is 2.87 bits per heavy atom. The van der Waals surface area contributed by atoms with E-state index in [1.807, 2.05) is 0 Å². The smallest absolute Gasteiger partial charge is 0.311 e. The van der Waals surface area contributed by atoms with Gasteiger partial charge in [0.25, 0.3) is 0 Å². The number of carbonyl (C=O) groups excluding carboxylic acids is 1. The average molecular weight is 206 g/mol. The summed E-state index contributed by atoms with van der Waals surface area (Å²) in [6.45, 7) is 0. The van der Waals surface area contributed by atoms with Crippen LogP contribution in [0.15, 0.2) is 18.2 Å². The summed E-state index contributed by atoms with van der Waals surface area (Å²) in [6, 6.07) is 4.92. The predicted octanol–water partition coefficient (Wildman–Crippen LogP) is 1.45. The fraction of sp³-hybridized carbons (Fsp3) is 0.273. The number of hydrogen-bond donors (Lipinski definition) is 1. The molecule has 0 heterocycles. The van der Waals surface area contributed by atoms with Crippen molar-refractivity contribution < 1.29 is 19.4 Å². The molecular weight excluding hydrogens is 196 g/mol. The Kier molecular flexibility index (Phi) is 2.19. The standard InChI is InChI=1S/C11H10O4/c1-15-6-2-3-7-8(4-6)9(11(13)14)5-10(7)12/h2-4,9H,5H2,1H3,(H,13,14)/t9-/m1/s1. The zero-order valence-corrected chi connectivity index (χ0v) is 8.19. The zero-order valence-electron chi connectivity index (χ0n) is 8.19. The van der Waals surface area contributed by atoms with Crippen LogP contribution in [-0.4, -0.2) is 24.0 Å². The summed E-state index contributed by atoms with van der Waals surface area (Å²) in [4.78, 5) is 22.4.